The maximum atomic E-state index is 6.22. The predicted octanol–water partition coefficient (Wildman–Crippen LogP) is 4.28. The summed E-state index contributed by atoms with van der Waals surface area (Å²) >= 11 is 0. The van der Waals surface area contributed by atoms with E-state index in [0.717, 1.165) is 12.1 Å². The second-order valence-electron chi connectivity index (χ2n) is 6.66. The second-order valence-corrected chi connectivity index (χ2v) is 6.66. The van der Waals surface area contributed by atoms with Crippen LogP contribution in [0.5, 0.6) is 0 Å². The first kappa shape index (κ1) is 13.0. The van der Waals surface area contributed by atoms with Crippen molar-refractivity contribution < 1.29 is 0 Å². The summed E-state index contributed by atoms with van der Waals surface area (Å²) in [6.07, 6.45) is 1.03. The topological polar surface area (TPSA) is 38.0 Å². The molecule has 2 aromatic carbocycles. The average Bonchev–Trinajstić information content (AvgIpc) is 2.80. The fourth-order valence-corrected chi connectivity index (χ4v) is 2.96. The van der Waals surface area contributed by atoms with Crippen molar-refractivity contribution in [3.8, 4) is 0 Å². The fourth-order valence-electron chi connectivity index (χ4n) is 2.96. The summed E-state index contributed by atoms with van der Waals surface area (Å²) in [5, 5.41) is 3.59. The molecular formula is C18H22N2. The van der Waals surface area contributed by atoms with Crippen LogP contribution in [0.1, 0.15) is 43.5 Å². The summed E-state index contributed by atoms with van der Waals surface area (Å²) in [4.78, 5) is 0. The molecule has 2 nitrogen and oxygen atoms in total. The highest BCUT2D eigenvalue weighted by Crippen LogP contribution is 2.39. The molecule has 104 valence electrons. The summed E-state index contributed by atoms with van der Waals surface area (Å²) in [5.74, 6) is 0. The molecular weight excluding hydrogens is 244 g/mol. The molecule has 1 aliphatic heterocycles. The summed E-state index contributed by atoms with van der Waals surface area (Å²) in [5.41, 5.74) is 12.3. The second kappa shape index (κ2) is 4.55. The van der Waals surface area contributed by atoms with Crippen molar-refractivity contribution in [2.75, 3.05) is 11.1 Å². The van der Waals surface area contributed by atoms with Crippen molar-refractivity contribution in [2.45, 2.75) is 38.6 Å². The predicted molar refractivity (Wildman–Crippen MR) is 86.1 cm³/mol. The highest BCUT2D eigenvalue weighted by atomic mass is 15.0. The number of nitrogen functional groups attached to an aromatic ring is 1. The standard InChI is InChI=1S/C18H22N2/c1-18(2,3)14-9-13-10-16(12-7-5-4-6-8-12)20-17(13)11-15(14)19/h4-9,11,16,20H,10,19H2,1-3H3. The average molecular weight is 266 g/mol. The minimum Gasteiger partial charge on any atom is -0.398 e. The van der Waals surface area contributed by atoms with Crippen LogP contribution in [0, 0.1) is 0 Å². The number of nitrogens with two attached hydrogens (primary N) is 1. The Hall–Kier alpha value is -1.96. The highest BCUT2D eigenvalue weighted by molar-refractivity contribution is 5.68. The van der Waals surface area contributed by atoms with E-state index in [1.54, 1.807) is 0 Å². The van der Waals surface area contributed by atoms with Gasteiger partial charge >= 0.3 is 0 Å². The molecule has 0 aromatic heterocycles. The molecule has 1 aliphatic rings. The van der Waals surface area contributed by atoms with Gasteiger partial charge in [0.15, 0.2) is 0 Å². The molecule has 3 rings (SSSR count). The van der Waals surface area contributed by atoms with E-state index >= 15 is 0 Å². The molecule has 0 amide bonds. The Morgan fingerprint density at radius 2 is 1.80 bits per heavy atom. The largest absolute Gasteiger partial charge is 0.398 e. The van der Waals surface area contributed by atoms with E-state index in [4.69, 9.17) is 5.73 Å². The number of hydrogen-bond acceptors (Lipinski definition) is 2. The van der Waals surface area contributed by atoms with Gasteiger partial charge in [0.25, 0.3) is 0 Å². The molecule has 1 unspecified atom stereocenters. The van der Waals surface area contributed by atoms with Crippen LogP contribution in [0.25, 0.3) is 0 Å². The first-order chi connectivity index (χ1) is 9.45. The molecule has 20 heavy (non-hydrogen) atoms. The lowest BCUT2D eigenvalue weighted by atomic mass is 9.84. The quantitative estimate of drug-likeness (QED) is 0.756. The Morgan fingerprint density at radius 1 is 1.10 bits per heavy atom. The van der Waals surface area contributed by atoms with E-state index in [1.807, 2.05) is 0 Å². The van der Waals surface area contributed by atoms with Gasteiger partial charge in [0.05, 0.1) is 6.04 Å². The van der Waals surface area contributed by atoms with Crippen LogP contribution in [0.15, 0.2) is 42.5 Å². The van der Waals surface area contributed by atoms with Gasteiger partial charge in [-0.3, -0.25) is 0 Å². The lowest BCUT2D eigenvalue weighted by Gasteiger charge is -2.22. The summed E-state index contributed by atoms with van der Waals surface area (Å²) in [6.45, 7) is 6.63. The number of rotatable bonds is 1. The number of anilines is 2. The molecule has 1 heterocycles. The number of hydrogen-bond donors (Lipinski definition) is 2. The maximum absolute atomic E-state index is 6.22. The van der Waals surface area contributed by atoms with Gasteiger partial charge in [-0.1, -0.05) is 57.2 Å². The summed E-state index contributed by atoms with van der Waals surface area (Å²) in [6, 6.07) is 15.3. The van der Waals surface area contributed by atoms with Gasteiger partial charge < -0.3 is 11.1 Å². The summed E-state index contributed by atoms with van der Waals surface area (Å²) < 4.78 is 0. The van der Waals surface area contributed by atoms with Crippen molar-refractivity contribution in [1.82, 2.24) is 0 Å². The van der Waals surface area contributed by atoms with Crippen molar-refractivity contribution in [2.24, 2.45) is 0 Å². The SMILES string of the molecule is CC(C)(C)c1cc2c(cc1N)NC(c1ccccc1)C2. The van der Waals surface area contributed by atoms with Crippen LogP contribution in [0.2, 0.25) is 0 Å². The number of fused-ring (bicyclic) bond motifs is 1. The summed E-state index contributed by atoms with van der Waals surface area (Å²) in [7, 11) is 0. The minimum atomic E-state index is 0.0872. The third-order valence-corrected chi connectivity index (χ3v) is 4.04. The molecule has 0 saturated carbocycles. The molecule has 0 spiro atoms. The zero-order chi connectivity index (χ0) is 14.3. The lowest BCUT2D eigenvalue weighted by molar-refractivity contribution is 0.592. The van der Waals surface area contributed by atoms with Crippen molar-refractivity contribution in [3.05, 3.63) is 59.2 Å². The Morgan fingerprint density at radius 3 is 2.45 bits per heavy atom. The van der Waals surface area contributed by atoms with Crippen LogP contribution >= 0.6 is 0 Å². The molecule has 2 aromatic rings. The zero-order valence-electron chi connectivity index (χ0n) is 12.4. The Balaban J connectivity index is 1.95. The van der Waals surface area contributed by atoms with E-state index in [2.05, 4.69) is 68.6 Å². The van der Waals surface area contributed by atoms with Gasteiger partial charge in [-0.25, -0.2) is 0 Å². The van der Waals surface area contributed by atoms with E-state index in [1.165, 1.54) is 22.4 Å². The highest BCUT2D eigenvalue weighted by Gasteiger charge is 2.26. The number of benzene rings is 2. The molecule has 2 heteroatoms. The van der Waals surface area contributed by atoms with Crippen LogP contribution in [-0.4, -0.2) is 0 Å². The Labute approximate surface area is 121 Å². The van der Waals surface area contributed by atoms with Gasteiger partial charge in [-0.2, -0.15) is 0 Å². The first-order valence-corrected chi connectivity index (χ1v) is 7.19. The molecule has 0 fully saturated rings. The van der Waals surface area contributed by atoms with Crippen molar-refractivity contribution in [3.63, 3.8) is 0 Å². The Bertz CT molecular complexity index is 624. The van der Waals surface area contributed by atoms with E-state index in [9.17, 15) is 0 Å². The van der Waals surface area contributed by atoms with Crippen LogP contribution in [0.3, 0.4) is 0 Å². The smallest absolute Gasteiger partial charge is 0.0555 e. The number of nitrogens with one attached hydrogen (secondary N) is 1. The van der Waals surface area contributed by atoms with Gasteiger partial charge in [0.1, 0.15) is 0 Å². The molecule has 0 saturated heterocycles. The van der Waals surface area contributed by atoms with Gasteiger partial charge in [0, 0.05) is 11.4 Å². The van der Waals surface area contributed by atoms with E-state index < -0.39 is 0 Å². The third-order valence-electron chi connectivity index (χ3n) is 4.04. The third kappa shape index (κ3) is 2.26. The first-order valence-electron chi connectivity index (χ1n) is 7.19. The van der Waals surface area contributed by atoms with Gasteiger partial charge in [0.2, 0.25) is 0 Å². The van der Waals surface area contributed by atoms with Crippen LogP contribution in [0.4, 0.5) is 11.4 Å². The van der Waals surface area contributed by atoms with Gasteiger partial charge in [-0.15, -0.1) is 0 Å². The van der Waals surface area contributed by atoms with Crippen LogP contribution in [-0.2, 0) is 11.8 Å². The Kier molecular flexibility index (Phi) is 2.97. The molecule has 1 atom stereocenters. The fraction of sp³-hybridized carbons (Fsp3) is 0.333. The monoisotopic (exact) mass is 266 g/mol. The molecule has 0 bridgehead atoms. The van der Waals surface area contributed by atoms with Gasteiger partial charge in [-0.05, 0) is 34.6 Å². The molecule has 0 radical (unpaired) electrons. The maximum Gasteiger partial charge on any atom is 0.0555 e. The van der Waals surface area contributed by atoms with Crippen molar-refractivity contribution in [1.29, 1.82) is 0 Å². The minimum absolute atomic E-state index is 0.0872. The molecule has 3 N–H and O–H groups in total. The van der Waals surface area contributed by atoms with Crippen LogP contribution < -0.4 is 11.1 Å². The molecule has 0 aliphatic carbocycles. The zero-order valence-corrected chi connectivity index (χ0v) is 12.4. The van der Waals surface area contributed by atoms with Crippen molar-refractivity contribution >= 4 is 11.4 Å². The van der Waals surface area contributed by atoms with E-state index in [0.29, 0.717) is 6.04 Å². The van der Waals surface area contributed by atoms with E-state index in [-0.39, 0.29) is 5.41 Å². The lowest BCUT2D eigenvalue weighted by Crippen LogP contribution is -2.14. The normalized spacial score (nSPS) is 17.6.